The van der Waals surface area contributed by atoms with Gasteiger partial charge in [-0.05, 0) is 51.7 Å². The third kappa shape index (κ3) is 4.24. The smallest absolute Gasteiger partial charge is 0.409 e. The SMILES string of the molecule is CCOC(=O)N1CCCC(C(=O)Nc2c(C)cc(C)cc2C)C1. The summed E-state index contributed by atoms with van der Waals surface area (Å²) in [5.41, 5.74) is 4.20. The van der Waals surface area contributed by atoms with Crippen LogP contribution in [0.3, 0.4) is 0 Å². The molecular formula is C18H26N2O3. The second kappa shape index (κ2) is 7.49. The molecule has 1 atom stereocenters. The van der Waals surface area contributed by atoms with Crippen LogP contribution in [-0.4, -0.2) is 36.6 Å². The van der Waals surface area contributed by atoms with Crippen molar-refractivity contribution in [3.05, 3.63) is 28.8 Å². The number of hydrogen-bond donors (Lipinski definition) is 1. The van der Waals surface area contributed by atoms with Crippen LogP contribution in [0.1, 0.15) is 36.5 Å². The second-order valence-electron chi connectivity index (χ2n) is 6.25. The standard InChI is InChI=1S/C18H26N2O3/c1-5-23-18(22)20-8-6-7-15(11-20)17(21)19-16-13(3)9-12(2)10-14(16)4/h9-10,15H,5-8,11H2,1-4H3,(H,19,21). The van der Waals surface area contributed by atoms with E-state index in [4.69, 9.17) is 4.74 Å². The number of piperidine rings is 1. The van der Waals surface area contributed by atoms with Gasteiger partial charge in [-0.25, -0.2) is 4.79 Å². The van der Waals surface area contributed by atoms with Gasteiger partial charge < -0.3 is 15.0 Å². The van der Waals surface area contributed by atoms with Gasteiger partial charge in [0.25, 0.3) is 0 Å². The van der Waals surface area contributed by atoms with E-state index in [9.17, 15) is 9.59 Å². The predicted octanol–water partition coefficient (Wildman–Crippen LogP) is 3.42. The second-order valence-corrected chi connectivity index (χ2v) is 6.25. The number of anilines is 1. The van der Waals surface area contributed by atoms with E-state index in [1.165, 1.54) is 5.56 Å². The number of likely N-dealkylation sites (tertiary alicyclic amines) is 1. The van der Waals surface area contributed by atoms with Crippen LogP contribution < -0.4 is 5.32 Å². The summed E-state index contributed by atoms with van der Waals surface area (Å²) in [5, 5.41) is 3.05. The average molecular weight is 318 g/mol. The summed E-state index contributed by atoms with van der Waals surface area (Å²) in [5.74, 6) is -0.206. The first-order valence-corrected chi connectivity index (χ1v) is 8.22. The van der Waals surface area contributed by atoms with E-state index < -0.39 is 0 Å². The van der Waals surface area contributed by atoms with E-state index in [1.807, 2.05) is 20.8 Å². The van der Waals surface area contributed by atoms with E-state index in [0.717, 1.165) is 29.7 Å². The van der Waals surface area contributed by atoms with Gasteiger partial charge in [0.1, 0.15) is 0 Å². The maximum absolute atomic E-state index is 12.6. The topological polar surface area (TPSA) is 58.6 Å². The summed E-state index contributed by atoms with van der Waals surface area (Å²) in [6, 6.07) is 4.13. The number of benzene rings is 1. The van der Waals surface area contributed by atoms with E-state index in [0.29, 0.717) is 19.7 Å². The molecule has 5 heteroatoms. The fourth-order valence-corrected chi connectivity index (χ4v) is 3.17. The van der Waals surface area contributed by atoms with Crippen molar-refractivity contribution < 1.29 is 14.3 Å². The van der Waals surface area contributed by atoms with Crippen molar-refractivity contribution in [1.29, 1.82) is 0 Å². The first kappa shape index (κ1) is 17.3. The molecule has 126 valence electrons. The molecule has 1 N–H and O–H groups in total. The van der Waals surface area contributed by atoms with Crippen molar-refractivity contribution in [1.82, 2.24) is 4.90 Å². The summed E-state index contributed by atoms with van der Waals surface area (Å²) >= 11 is 0. The zero-order chi connectivity index (χ0) is 17.0. The number of nitrogens with one attached hydrogen (secondary N) is 1. The molecule has 1 aromatic rings. The number of aryl methyl sites for hydroxylation is 3. The largest absolute Gasteiger partial charge is 0.450 e. The van der Waals surface area contributed by atoms with Crippen molar-refractivity contribution >= 4 is 17.7 Å². The van der Waals surface area contributed by atoms with Crippen LogP contribution in [0.2, 0.25) is 0 Å². The molecule has 0 radical (unpaired) electrons. The Morgan fingerprint density at radius 3 is 2.52 bits per heavy atom. The minimum Gasteiger partial charge on any atom is -0.450 e. The zero-order valence-corrected chi connectivity index (χ0v) is 14.4. The number of amides is 2. The van der Waals surface area contributed by atoms with Crippen molar-refractivity contribution in [2.24, 2.45) is 5.92 Å². The number of hydrogen-bond acceptors (Lipinski definition) is 3. The summed E-state index contributed by atoms with van der Waals surface area (Å²) in [7, 11) is 0. The Balaban J connectivity index is 2.05. The van der Waals surface area contributed by atoms with Gasteiger partial charge in [-0.15, -0.1) is 0 Å². The normalized spacial score (nSPS) is 17.7. The van der Waals surface area contributed by atoms with Gasteiger partial charge >= 0.3 is 6.09 Å². The van der Waals surface area contributed by atoms with Crippen molar-refractivity contribution in [3.63, 3.8) is 0 Å². The molecule has 1 unspecified atom stereocenters. The Morgan fingerprint density at radius 2 is 1.91 bits per heavy atom. The lowest BCUT2D eigenvalue weighted by Crippen LogP contribution is -2.44. The number of nitrogens with zero attached hydrogens (tertiary/aromatic N) is 1. The molecule has 23 heavy (non-hydrogen) atoms. The molecule has 2 amide bonds. The summed E-state index contributed by atoms with van der Waals surface area (Å²) in [4.78, 5) is 26.1. The maximum Gasteiger partial charge on any atom is 0.409 e. The zero-order valence-electron chi connectivity index (χ0n) is 14.4. The lowest BCUT2D eigenvalue weighted by molar-refractivity contribution is -0.121. The van der Waals surface area contributed by atoms with Gasteiger partial charge in [-0.1, -0.05) is 17.7 Å². The number of ether oxygens (including phenoxy) is 1. The highest BCUT2D eigenvalue weighted by Crippen LogP contribution is 2.24. The van der Waals surface area contributed by atoms with Gasteiger partial charge in [-0.2, -0.15) is 0 Å². The first-order valence-electron chi connectivity index (χ1n) is 8.22. The molecule has 5 nitrogen and oxygen atoms in total. The average Bonchev–Trinajstić information content (AvgIpc) is 2.51. The van der Waals surface area contributed by atoms with E-state index >= 15 is 0 Å². The summed E-state index contributed by atoms with van der Waals surface area (Å²) in [6.45, 7) is 9.27. The Bertz CT molecular complexity index is 575. The minimum atomic E-state index is -0.326. The van der Waals surface area contributed by atoms with Crippen molar-refractivity contribution in [2.75, 3.05) is 25.0 Å². The highest BCUT2D eigenvalue weighted by molar-refractivity contribution is 5.94. The van der Waals surface area contributed by atoms with Gasteiger partial charge in [0.15, 0.2) is 0 Å². The quantitative estimate of drug-likeness (QED) is 0.929. The molecule has 2 rings (SSSR count). The molecule has 0 spiro atoms. The Morgan fingerprint density at radius 1 is 1.26 bits per heavy atom. The van der Waals surface area contributed by atoms with E-state index in [2.05, 4.69) is 17.4 Å². The fourth-order valence-electron chi connectivity index (χ4n) is 3.17. The van der Waals surface area contributed by atoms with Crippen molar-refractivity contribution in [2.45, 2.75) is 40.5 Å². The molecule has 1 heterocycles. The van der Waals surface area contributed by atoms with Crippen LogP contribution in [0.5, 0.6) is 0 Å². The molecule has 1 saturated heterocycles. The molecule has 0 aliphatic carbocycles. The Hall–Kier alpha value is -2.04. The lowest BCUT2D eigenvalue weighted by Gasteiger charge is -2.31. The van der Waals surface area contributed by atoms with Crippen molar-refractivity contribution in [3.8, 4) is 0 Å². The number of carbonyl (C=O) groups excluding carboxylic acids is 2. The predicted molar refractivity (Wildman–Crippen MR) is 90.6 cm³/mol. The van der Waals surface area contributed by atoms with Crippen LogP contribution in [0.15, 0.2) is 12.1 Å². The fraction of sp³-hybridized carbons (Fsp3) is 0.556. The number of carbonyl (C=O) groups is 2. The number of rotatable bonds is 3. The third-order valence-electron chi connectivity index (χ3n) is 4.24. The monoisotopic (exact) mass is 318 g/mol. The molecule has 0 bridgehead atoms. The van der Waals surface area contributed by atoms with Crippen LogP contribution in [0.25, 0.3) is 0 Å². The van der Waals surface area contributed by atoms with Crippen LogP contribution in [-0.2, 0) is 9.53 Å². The third-order valence-corrected chi connectivity index (χ3v) is 4.24. The molecule has 1 fully saturated rings. The first-order chi connectivity index (χ1) is 10.9. The van der Waals surface area contributed by atoms with Gasteiger partial charge in [0, 0.05) is 18.8 Å². The lowest BCUT2D eigenvalue weighted by atomic mass is 9.96. The molecule has 1 aliphatic rings. The Kier molecular flexibility index (Phi) is 5.64. The minimum absolute atomic E-state index is 0.0194. The molecular weight excluding hydrogens is 292 g/mol. The summed E-state index contributed by atoms with van der Waals surface area (Å²) in [6.07, 6.45) is 1.29. The van der Waals surface area contributed by atoms with Crippen LogP contribution in [0.4, 0.5) is 10.5 Å². The van der Waals surface area contributed by atoms with Gasteiger partial charge in [0.05, 0.1) is 12.5 Å². The van der Waals surface area contributed by atoms with Crippen LogP contribution in [0, 0.1) is 26.7 Å². The molecule has 0 saturated carbocycles. The van der Waals surface area contributed by atoms with Crippen LogP contribution >= 0.6 is 0 Å². The molecule has 1 aliphatic heterocycles. The van der Waals surface area contributed by atoms with E-state index in [-0.39, 0.29) is 17.9 Å². The highest BCUT2D eigenvalue weighted by atomic mass is 16.6. The highest BCUT2D eigenvalue weighted by Gasteiger charge is 2.29. The Labute approximate surface area is 138 Å². The maximum atomic E-state index is 12.6. The van der Waals surface area contributed by atoms with Gasteiger partial charge in [0.2, 0.25) is 5.91 Å². The van der Waals surface area contributed by atoms with Gasteiger partial charge in [-0.3, -0.25) is 4.79 Å². The molecule has 1 aromatic carbocycles. The summed E-state index contributed by atoms with van der Waals surface area (Å²) < 4.78 is 5.03. The van der Waals surface area contributed by atoms with E-state index in [1.54, 1.807) is 11.8 Å². The molecule has 0 aromatic heterocycles.